The number of carboxylic acids is 1. The summed E-state index contributed by atoms with van der Waals surface area (Å²) >= 11 is 12.9. The summed E-state index contributed by atoms with van der Waals surface area (Å²) in [6, 6.07) is 2.82. The number of aryl methyl sites for hydroxylation is 1. The molecule has 1 aromatic carbocycles. The van der Waals surface area contributed by atoms with Crippen molar-refractivity contribution in [1.82, 2.24) is 29.5 Å². The van der Waals surface area contributed by atoms with Crippen LogP contribution in [0, 0.1) is 19.3 Å². The highest BCUT2D eigenvalue weighted by molar-refractivity contribution is 7.90. The molecule has 244 valence electrons. The van der Waals surface area contributed by atoms with E-state index in [1.165, 1.54) is 31.5 Å². The monoisotopic (exact) mass is 713 g/mol. The van der Waals surface area contributed by atoms with Crippen LogP contribution in [0.5, 0.6) is 11.8 Å². The number of ether oxygens (including phenoxy) is 2. The second-order valence-electron chi connectivity index (χ2n) is 9.73. The van der Waals surface area contributed by atoms with Crippen molar-refractivity contribution in [3.05, 3.63) is 60.8 Å². The Balaban J connectivity index is 0.000000251. The van der Waals surface area contributed by atoms with Crippen LogP contribution in [0.2, 0.25) is 10.0 Å². The molecule has 0 unspecified atom stereocenters. The molecule has 0 saturated heterocycles. The molecule has 0 aliphatic heterocycles. The van der Waals surface area contributed by atoms with Gasteiger partial charge in [0.25, 0.3) is 10.0 Å². The Morgan fingerprint density at radius 2 is 1.89 bits per heavy atom. The van der Waals surface area contributed by atoms with Crippen molar-refractivity contribution in [2.24, 2.45) is 0 Å². The van der Waals surface area contributed by atoms with Gasteiger partial charge >= 0.3 is 23.8 Å². The van der Waals surface area contributed by atoms with Gasteiger partial charge in [0, 0.05) is 11.5 Å². The number of nitrogens with one attached hydrogen (secondary N) is 2. The normalized spacial score (nSPS) is 11.1. The molecule has 4 aromatic rings. The highest BCUT2D eigenvalue weighted by atomic mass is 35.5. The number of amides is 2. The molecule has 46 heavy (non-hydrogen) atoms. The van der Waals surface area contributed by atoms with E-state index in [0.29, 0.717) is 17.3 Å². The molecule has 0 spiro atoms. The predicted molar refractivity (Wildman–Crippen MR) is 167 cm³/mol. The number of benzene rings is 1. The van der Waals surface area contributed by atoms with Gasteiger partial charge < -0.3 is 19.0 Å². The van der Waals surface area contributed by atoms with E-state index in [-0.39, 0.29) is 34.4 Å². The fourth-order valence-corrected chi connectivity index (χ4v) is 5.90. The van der Waals surface area contributed by atoms with Crippen LogP contribution in [0.4, 0.5) is 10.7 Å². The van der Waals surface area contributed by atoms with Crippen molar-refractivity contribution in [3.63, 3.8) is 0 Å². The Hall–Kier alpha value is -4.70. The maximum atomic E-state index is 12.1. The Morgan fingerprint density at radius 1 is 1.20 bits per heavy atom. The molecule has 3 N–H and O–H groups in total. The molecule has 4 rings (SSSR count). The Bertz CT molecular complexity index is 1980. The number of aromatic carboxylic acids is 1. The largest absolute Gasteiger partial charge is 0.479 e. The molecule has 3 aromatic heterocycles. The van der Waals surface area contributed by atoms with Crippen LogP contribution in [0.3, 0.4) is 0 Å². The molecule has 16 nitrogen and oxygen atoms in total. The number of carbonyl (C=O) groups is 2. The number of hydrogen-bond acceptors (Lipinski definition) is 13. The van der Waals surface area contributed by atoms with Crippen LogP contribution < -0.4 is 25.3 Å². The second kappa shape index (κ2) is 14.6. The Kier molecular flexibility index (Phi) is 11.4. The number of thiophene rings is 1. The summed E-state index contributed by atoms with van der Waals surface area (Å²) < 4.78 is 42.3. The zero-order valence-corrected chi connectivity index (χ0v) is 27.8. The summed E-state index contributed by atoms with van der Waals surface area (Å²) in [7, 11) is -3.06. The number of nitrogens with zero attached hydrogens (tertiary/aromatic N) is 5. The number of methoxy groups -OCH3 is 1. The van der Waals surface area contributed by atoms with Gasteiger partial charge in [0.1, 0.15) is 28.0 Å². The summed E-state index contributed by atoms with van der Waals surface area (Å²) in [5, 5.41) is 17.1. The number of carbonyl (C=O) groups excluding carboxylic acids is 1. The fourth-order valence-electron chi connectivity index (χ4n) is 3.22. The van der Waals surface area contributed by atoms with Crippen molar-refractivity contribution in [2.45, 2.75) is 38.0 Å². The number of urea groups is 1. The SMILES string of the molecule is C#CCOc1cc(-n2nc(C(C)(C)C)oc2=O)c(Cl)cc1Cl.COc1nc(C)nc(NC(=O)NS(=O)(=O)c2ccsc2C(=O)O)n1. The Morgan fingerprint density at radius 3 is 2.48 bits per heavy atom. The summed E-state index contributed by atoms with van der Waals surface area (Å²) in [6.07, 6.45) is 5.15. The lowest BCUT2D eigenvalue weighted by molar-refractivity contribution is 0.0698. The lowest BCUT2D eigenvalue weighted by Crippen LogP contribution is -2.35. The first-order valence-electron chi connectivity index (χ1n) is 12.5. The molecule has 20 heteroatoms. The van der Waals surface area contributed by atoms with E-state index in [0.717, 1.165) is 22.1 Å². The lowest BCUT2D eigenvalue weighted by Gasteiger charge is -2.11. The number of rotatable bonds is 8. The van der Waals surface area contributed by atoms with E-state index in [4.69, 9.17) is 48.6 Å². The average Bonchev–Trinajstić information content (AvgIpc) is 3.60. The van der Waals surface area contributed by atoms with Gasteiger partial charge in [0.05, 0.1) is 22.8 Å². The lowest BCUT2D eigenvalue weighted by atomic mass is 9.97. The summed E-state index contributed by atoms with van der Waals surface area (Å²) in [5.74, 6) is 0.909. The first-order chi connectivity index (χ1) is 21.5. The van der Waals surface area contributed by atoms with Crippen LogP contribution in [-0.2, 0) is 15.4 Å². The molecule has 0 fully saturated rings. The molecule has 0 bridgehead atoms. The van der Waals surface area contributed by atoms with Crippen molar-refractivity contribution in [2.75, 3.05) is 19.0 Å². The van der Waals surface area contributed by atoms with Gasteiger partial charge in [-0.25, -0.2) is 27.5 Å². The molecule has 3 heterocycles. The van der Waals surface area contributed by atoms with E-state index in [1.54, 1.807) is 4.72 Å². The second-order valence-corrected chi connectivity index (χ2v) is 13.1. The summed E-state index contributed by atoms with van der Waals surface area (Å²) in [5.41, 5.74) is -0.103. The minimum atomic E-state index is -4.37. The van der Waals surface area contributed by atoms with Crippen molar-refractivity contribution in [1.29, 1.82) is 0 Å². The Labute approximate surface area is 275 Å². The number of halogens is 2. The van der Waals surface area contributed by atoms with Crippen LogP contribution in [0.1, 0.15) is 42.2 Å². The third-order valence-corrected chi connectivity index (χ3v) is 8.21. The number of carboxylic acid groups (broad SMARTS) is 1. The highest BCUT2D eigenvalue weighted by Gasteiger charge is 2.26. The number of terminal acetylenes is 1. The first-order valence-corrected chi connectivity index (χ1v) is 15.7. The summed E-state index contributed by atoms with van der Waals surface area (Å²) in [4.78, 5) is 45.2. The van der Waals surface area contributed by atoms with Gasteiger partial charge in [0.2, 0.25) is 11.8 Å². The van der Waals surface area contributed by atoms with Gasteiger partial charge in [0.15, 0.2) is 0 Å². The minimum absolute atomic E-state index is 0.0434. The highest BCUT2D eigenvalue weighted by Crippen LogP contribution is 2.33. The van der Waals surface area contributed by atoms with Gasteiger partial charge in [-0.3, -0.25) is 5.32 Å². The van der Waals surface area contributed by atoms with Crippen LogP contribution >= 0.6 is 34.5 Å². The van der Waals surface area contributed by atoms with E-state index >= 15 is 0 Å². The molecular formula is C26H25Cl2N7O9S2. The van der Waals surface area contributed by atoms with Crippen molar-refractivity contribution < 1.29 is 37.0 Å². The van der Waals surface area contributed by atoms with Crippen molar-refractivity contribution >= 4 is 62.5 Å². The molecular weight excluding hydrogens is 689 g/mol. The predicted octanol–water partition coefficient (Wildman–Crippen LogP) is 3.90. The maximum absolute atomic E-state index is 12.1. The topological polar surface area (TPSA) is 218 Å². The molecule has 0 atom stereocenters. The zero-order valence-electron chi connectivity index (χ0n) is 24.6. The maximum Gasteiger partial charge on any atom is 0.442 e. The number of hydrogen-bond donors (Lipinski definition) is 3. The molecule has 0 aliphatic carbocycles. The van der Waals surface area contributed by atoms with Gasteiger partial charge in [-0.15, -0.1) is 22.9 Å². The van der Waals surface area contributed by atoms with E-state index in [2.05, 4.69) is 31.3 Å². The van der Waals surface area contributed by atoms with E-state index < -0.39 is 43.0 Å². The average molecular weight is 715 g/mol. The first kappa shape index (κ1) is 35.8. The quantitative estimate of drug-likeness (QED) is 0.221. The van der Waals surface area contributed by atoms with Gasteiger partial charge in [-0.2, -0.15) is 19.6 Å². The number of sulfonamides is 1. The molecule has 0 saturated carbocycles. The smallest absolute Gasteiger partial charge is 0.442 e. The molecule has 2 amide bonds. The van der Waals surface area contributed by atoms with E-state index in [1.807, 2.05) is 20.8 Å². The number of aromatic nitrogens is 5. The molecule has 0 radical (unpaired) electrons. The van der Waals surface area contributed by atoms with E-state index in [9.17, 15) is 22.8 Å². The van der Waals surface area contributed by atoms with Crippen LogP contribution in [-0.4, -0.2) is 64.0 Å². The molecule has 0 aliphatic rings. The number of anilines is 1. The van der Waals surface area contributed by atoms with Gasteiger partial charge in [-0.1, -0.05) is 49.9 Å². The zero-order chi connectivity index (χ0) is 34.4. The van der Waals surface area contributed by atoms with Crippen molar-refractivity contribution in [3.8, 4) is 29.8 Å². The third-order valence-electron chi connectivity index (χ3n) is 5.20. The summed E-state index contributed by atoms with van der Waals surface area (Å²) in [6.45, 7) is 7.21. The van der Waals surface area contributed by atoms with Crippen LogP contribution in [0.25, 0.3) is 5.69 Å². The van der Waals surface area contributed by atoms with Crippen LogP contribution in [0.15, 0.2) is 37.7 Å². The minimum Gasteiger partial charge on any atom is -0.479 e. The third kappa shape index (κ3) is 8.94. The standard InChI is InChI=1S/C15H14Cl2N2O3.C11H11N5O6S2/c1-5-6-21-12-8-11(9(16)7-10(12)17)19-14(20)22-13(18-19)15(2,3)4;1-5-12-9(15-11(13-5)22-2)14-10(19)16-24(20,21)6-3-4-23-7(6)8(17)18/h1,7-8H,6H2,2-4H3;3-4H,1-2H3,(H,17,18)(H2,12,13,14,15,16,19). The fraction of sp³-hybridized carbons (Fsp3) is 0.269. The van der Waals surface area contributed by atoms with Gasteiger partial charge in [-0.05, 0) is 24.4 Å².